The number of nitro benzene ring substituents is 1. The monoisotopic (exact) mass is 275 g/mol. The number of benzene rings is 1. The minimum Gasteiger partial charge on any atom is -0.324 e. The molecule has 0 aliphatic rings. The Morgan fingerprint density at radius 1 is 1.40 bits per heavy atom. The molecule has 1 aromatic heterocycles. The number of nitro groups is 1. The second kappa shape index (κ2) is 5.79. The van der Waals surface area contributed by atoms with Crippen LogP contribution in [0, 0.1) is 16.0 Å². The number of hydrogen-bond acceptors (Lipinski definition) is 5. The van der Waals surface area contributed by atoms with Crippen LogP contribution >= 0.6 is 0 Å². The van der Waals surface area contributed by atoms with E-state index in [1.165, 1.54) is 12.1 Å². The third-order valence-corrected chi connectivity index (χ3v) is 2.87. The van der Waals surface area contributed by atoms with Gasteiger partial charge >= 0.3 is 0 Å². The molecule has 0 spiro atoms. The van der Waals surface area contributed by atoms with E-state index in [1.807, 2.05) is 4.57 Å². The van der Waals surface area contributed by atoms with Crippen molar-refractivity contribution in [3.63, 3.8) is 0 Å². The van der Waals surface area contributed by atoms with E-state index in [0.29, 0.717) is 23.1 Å². The first-order chi connectivity index (χ1) is 9.52. The lowest BCUT2D eigenvalue weighted by Gasteiger charge is -2.11. The van der Waals surface area contributed by atoms with Crippen molar-refractivity contribution in [2.24, 2.45) is 11.7 Å². The Hall–Kier alpha value is -2.28. The maximum atomic E-state index is 10.9. The first kappa shape index (κ1) is 14.1. The Morgan fingerprint density at radius 2 is 2.15 bits per heavy atom. The minimum absolute atomic E-state index is 0.0379. The van der Waals surface area contributed by atoms with Gasteiger partial charge in [-0.25, -0.2) is 0 Å². The van der Waals surface area contributed by atoms with E-state index >= 15 is 0 Å². The highest BCUT2D eigenvalue weighted by Crippen LogP contribution is 2.23. The summed E-state index contributed by atoms with van der Waals surface area (Å²) in [6, 6.07) is 6.38. The van der Waals surface area contributed by atoms with Gasteiger partial charge in [-0.1, -0.05) is 26.0 Å². The lowest BCUT2D eigenvalue weighted by atomic mass is 10.1. The fraction of sp³-hybridized carbons (Fsp3) is 0.385. The first-order valence-corrected chi connectivity index (χ1v) is 6.40. The van der Waals surface area contributed by atoms with E-state index in [9.17, 15) is 10.1 Å². The summed E-state index contributed by atoms with van der Waals surface area (Å²) in [6.45, 7) is 5.17. The van der Waals surface area contributed by atoms with Gasteiger partial charge in [0.25, 0.3) is 5.69 Å². The summed E-state index contributed by atoms with van der Waals surface area (Å²) in [5.41, 5.74) is 6.38. The Balaban J connectivity index is 2.49. The molecule has 1 heterocycles. The maximum Gasteiger partial charge on any atom is 0.270 e. The van der Waals surface area contributed by atoms with Gasteiger partial charge in [0, 0.05) is 24.2 Å². The summed E-state index contributed by atoms with van der Waals surface area (Å²) in [7, 11) is 0. The Bertz CT molecular complexity index is 621. The van der Waals surface area contributed by atoms with E-state index in [0.717, 1.165) is 6.54 Å². The van der Waals surface area contributed by atoms with Crippen molar-refractivity contribution in [1.82, 2.24) is 14.8 Å². The Morgan fingerprint density at radius 3 is 2.75 bits per heavy atom. The number of nitrogens with zero attached hydrogens (tertiary/aromatic N) is 4. The highest BCUT2D eigenvalue weighted by Gasteiger charge is 2.16. The molecule has 2 aromatic rings. The third-order valence-electron chi connectivity index (χ3n) is 2.87. The van der Waals surface area contributed by atoms with Gasteiger partial charge in [-0.05, 0) is 5.92 Å². The number of aromatic nitrogens is 3. The van der Waals surface area contributed by atoms with Crippen LogP contribution < -0.4 is 5.73 Å². The molecule has 0 amide bonds. The average molecular weight is 275 g/mol. The minimum atomic E-state index is -0.420. The lowest BCUT2D eigenvalue weighted by Crippen LogP contribution is -2.13. The second-order valence-corrected chi connectivity index (χ2v) is 4.96. The fourth-order valence-corrected chi connectivity index (χ4v) is 2.02. The summed E-state index contributed by atoms with van der Waals surface area (Å²) >= 11 is 0. The Kier molecular flexibility index (Phi) is 4.09. The van der Waals surface area contributed by atoms with E-state index < -0.39 is 4.92 Å². The standard InChI is InChI=1S/C13H17N5O2/c1-9(2)8-17-12(7-14)15-16-13(17)10-4-3-5-11(6-10)18(19)20/h3-6,9H,7-8,14H2,1-2H3. The van der Waals surface area contributed by atoms with E-state index in [1.54, 1.807) is 12.1 Å². The molecule has 0 unspecified atom stereocenters. The molecule has 0 saturated carbocycles. The normalized spacial score (nSPS) is 11.0. The van der Waals surface area contributed by atoms with Gasteiger partial charge in [-0.15, -0.1) is 10.2 Å². The topological polar surface area (TPSA) is 99.9 Å². The molecule has 1 aromatic carbocycles. The number of rotatable bonds is 5. The molecule has 7 nitrogen and oxygen atoms in total. The van der Waals surface area contributed by atoms with E-state index in [4.69, 9.17) is 5.73 Å². The van der Waals surface area contributed by atoms with Crippen molar-refractivity contribution >= 4 is 5.69 Å². The summed E-state index contributed by atoms with van der Waals surface area (Å²) in [4.78, 5) is 10.4. The molecule has 2 rings (SSSR count). The van der Waals surface area contributed by atoms with Gasteiger partial charge in [-0.3, -0.25) is 10.1 Å². The fourth-order valence-electron chi connectivity index (χ4n) is 2.02. The zero-order valence-corrected chi connectivity index (χ0v) is 11.5. The second-order valence-electron chi connectivity index (χ2n) is 4.96. The van der Waals surface area contributed by atoms with Crippen molar-refractivity contribution in [2.75, 3.05) is 0 Å². The summed E-state index contributed by atoms with van der Waals surface area (Å²) in [6.07, 6.45) is 0. The van der Waals surface area contributed by atoms with Crippen molar-refractivity contribution in [3.05, 3.63) is 40.2 Å². The molecule has 7 heteroatoms. The smallest absolute Gasteiger partial charge is 0.270 e. The van der Waals surface area contributed by atoms with E-state index in [-0.39, 0.29) is 12.2 Å². The zero-order chi connectivity index (χ0) is 14.7. The summed E-state index contributed by atoms with van der Waals surface area (Å²) in [5, 5.41) is 19.0. The SMILES string of the molecule is CC(C)Cn1c(CN)nnc1-c1cccc([N+](=O)[O-])c1. The summed E-state index contributed by atoms with van der Waals surface area (Å²) < 4.78 is 1.92. The van der Waals surface area contributed by atoms with Crippen LogP contribution in [0.25, 0.3) is 11.4 Å². The van der Waals surface area contributed by atoms with Gasteiger partial charge < -0.3 is 10.3 Å². The molecule has 0 fully saturated rings. The average Bonchev–Trinajstić information content (AvgIpc) is 2.81. The molecular formula is C13H17N5O2. The molecule has 0 bridgehead atoms. The molecular weight excluding hydrogens is 258 g/mol. The third kappa shape index (κ3) is 2.83. The first-order valence-electron chi connectivity index (χ1n) is 6.40. The van der Waals surface area contributed by atoms with Gasteiger partial charge in [0.2, 0.25) is 0 Å². The number of nitrogens with two attached hydrogens (primary N) is 1. The quantitative estimate of drug-likeness (QED) is 0.664. The number of non-ortho nitro benzene ring substituents is 1. The molecule has 0 radical (unpaired) electrons. The van der Waals surface area contributed by atoms with Crippen LogP contribution in [0.4, 0.5) is 5.69 Å². The van der Waals surface area contributed by atoms with Crippen molar-refractivity contribution in [3.8, 4) is 11.4 Å². The molecule has 0 aliphatic heterocycles. The molecule has 0 aliphatic carbocycles. The van der Waals surface area contributed by atoms with Gasteiger partial charge in [-0.2, -0.15) is 0 Å². The van der Waals surface area contributed by atoms with Crippen LogP contribution in [0.15, 0.2) is 24.3 Å². The largest absolute Gasteiger partial charge is 0.324 e. The molecule has 0 atom stereocenters. The van der Waals surface area contributed by atoms with Crippen LogP contribution in [-0.4, -0.2) is 19.7 Å². The van der Waals surface area contributed by atoms with Gasteiger partial charge in [0.1, 0.15) is 5.82 Å². The van der Waals surface area contributed by atoms with Gasteiger partial charge in [0.05, 0.1) is 11.5 Å². The maximum absolute atomic E-state index is 10.9. The predicted molar refractivity (Wildman–Crippen MR) is 74.8 cm³/mol. The van der Waals surface area contributed by atoms with Crippen molar-refractivity contribution in [1.29, 1.82) is 0 Å². The molecule has 2 N–H and O–H groups in total. The number of hydrogen-bond donors (Lipinski definition) is 1. The zero-order valence-electron chi connectivity index (χ0n) is 11.5. The van der Waals surface area contributed by atoms with Crippen molar-refractivity contribution in [2.45, 2.75) is 26.9 Å². The van der Waals surface area contributed by atoms with Crippen LogP contribution in [0.1, 0.15) is 19.7 Å². The highest BCUT2D eigenvalue weighted by atomic mass is 16.6. The summed E-state index contributed by atoms with van der Waals surface area (Å²) in [5.74, 6) is 1.69. The van der Waals surface area contributed by atoms with Crippen molar-refractivity contribution < 1.29 is 4.92 Å². The molecule has 20 heavy (non-hydrogen) atoms. The Labute approximate surface area is 116 Å². The predicted octanol–water partition coefficient (Wildman–Crippen LogP) is 1.97. The molecule has 106 valence electrons. The van der Waals surface area contributed by atoms with Gasteiger partial charge in [0.15, 0.2) is 5.82 Å². The van der Waals surface area contributed by atoms with Crippen LogP contribution in [0.5, 0.6) is 0 Å². The van der Waals surface area contributed by atoms with E-state index in [2.05, 4.69) is 24.0 Å². The van der Waals surface area contributed by atoms with Crippen LogP contribution in [0.3, 0.4) is 0 Å². The lowest BCUT2D eigenvalue weighted by molar-refractivity contribution is -0.384. The van der Waals surface area contributed by atoms with Crippen LogP contribution in [-0.2, 0) is 13.1 Å². The highest BCUT2D eigenvalue weighted by molar-refractivity contribution is 5.59. The molecule has 0 saturated heterocycles. The van der Waals surface area contributed by atoms with Crippen LogP contribution in [0.2, 0.25) is 0 Å².